The number of methoxy groups -OCH3 is 1. The summed E-state index contributed by atoms with van der Waals surface area (Å²) < 4.78 is 29.3. The lowest BCUT2D eigenvalue weighted by Gasteiger charge is -2.35. The van der Waals surface area contributed by atoms with Gasteiger partial charge in [-0.25, -0.2) is 4.79 Å². The maximum absolute atomic E-state index is 13.2. The van der Waals surface area contributed by atoms with E-state index in [9.17, 15) is 19.2 Å². The maximum atomic E-state index is 13.2. The van der Waals surface area contributed by atoms with Gasteiger partial charge < -0.3 is 39.2 Å². The minimum Gasteiger partial charge on any atom is -0.495 e. The number of cyclic esters (lactones) is 1. The van der Waals surface area contributed by atoms with Crippen molar-refractivity contribution in [2.75, 3.05) is 26.8 Å². The van der Waals surface area contributed by atoms with E-state index in [-0.39, 0.29) is 25.3 Å². The van der Waals surface area contributed by atoms with E-state index in [1.165, 1.54) is 21.0 Å². The monoisotopic (exact) mass is 855 g/mol. The Morgan fingerprint density at radius 2 is 1.86 bits per heavy atom. The number of oxime groups is 1. The number of nitrogens with one attached hydrogen (secondary N) is 2. The van der Waals surface area contributed by atoms with Gasteiger partial charge in [0.1, 0.15) is 29.9 Å². The molecule has 0 radical (unpaired) electrons. The Balaban J connectivity index is 1.45. The van der Waals surface area contributed by atoms with Crippen LogP contribution in [0.5, 0.6) is 5.75 Å². The molecule has 2 aliphatic heterocycles. The van der Waals surface area contributed by atoms with Gasteiger partial charge in [-0.15, -0.1) is 0 Å². The Labute approximate surface area is 279 Å². The molecule has 2 heterocycles. The number of halogens is 4. The van der Waals surface area contributed by atoms with Crippen LogP contribution in [0.4, 0.5) is 4.79 Å². The highest BCUT2D eigenvalue weighted by Crippen LogP contribution is 2.45. The second kappa shape index (κ2) is 14.0. The van der Waals surface area contributed by atoms with Crippen molar-refractivity contribution in [3.8, 4) is 5.75 Å². The van der Waals surface area contributed by atoms with Crippen LogP contribution in [0.1, 0.15) is 31.9 Å². The molecule has 0 saturated carbocycles. The Morgan fingerprint density at radius 3 is 2.44 bits per heavy atom. The van der Waals surface area contributed by atoms with E-state index in [0.717, 1.165) is 0 Å². The van der Waals surface area contributed by atoms with Gasteiger partial charge in [0.25, 0.3) is 5.91 Å². The Hall–Kier alpha value is -2.63. The molecule has 1 saturated heterocycles. The molecule has 4 atom stereocenters. The lowest BCUT2D eigenvalue weighted by atomic mass is 9.86. The lowest BCUT2D eigenvalue weighted by Crippen LogP contribution is -2.47. The minimum absolute atomic E-state index is 0.0321. The number of allylic oxidation sites excluding steroid dienone is 1. The highest BCUT2D eigenvalue weighted by atomic mass is 79.9. The van der Waals surface area contributed by atoms with Gasteiger partial charge in [0.05, 0.1) is 38.1 Å². The first-order chi connectivity index (χ1) is 20.3. The number of nitrogens with zero attached hydrogens (tertiary/aromatic N) is 1. The molecule has 2 amide bonds. The van der Waals surface area contributed by atoms with Crippen LogP contribution in [0, 0.1) is 0 Å². The number of esters is 2. The van der Waals surface area contributed by atoms with Crippen LogP contribution in [0.15, 0.2) is 47.0 Å². The fourth-order valence-corrected chi connectivity index (χ4v) is 7.78. The number of ether oxygens (including phenoxy) is 5. The number of amides is 2. The SMILES string of the molecule is COC1=C(Br)C(OC(C)=O)C2(C=C1Br)CC(C(=O)NCC(OC(C)=O)c1cc(Br)c(OCC3CNC(=O)O3)c(Br)c1)=NO2. The van der Waals surface area contributed by atoms with Crippen molar-refractivity contribution >= 4 is 93.4 Å². The highest BCUT2D eigenvalue weighted by molar-refractivity contribution is 9.12. The number of rotatable bonds is 10. The zero-order valence-corrected chi connectivity index (χ0v) is 29.2. The first kappa shape index (κ1) is 33.3. The third-order valence-electron chi connectivity index (χ3n) is 6.31. The quantitative estimate of drug-likeness (QED) is 0.255. The van der Waals surface area contributed by atoms with E-state index in [1.807, 2.05) is 0 Å². The summed E-state index contributed by atoms with van der Waals surface area (Å²) in [5.74, 6) is -0.853. The van der Waals surface area contributed by atoms with Crippen molar-refractivity contribution in [3.05, 3.63) is 47.4 Å². The summed E-state index contributed by atoms with van der Waals surface area (Å²) in [6, 6.07) is 3.38. The van der Waals surface area contributed by atoms with E-state index in [4.69, 9.17) is 28.5 Å². The third kappa shape index (κ3) is 7.72. The predicted octanol–water partition coefficient (Wildman–Crippen LogP) is 4.41. The van der Waals surface area contributed by atoms with Crippen LogP contribution in [0.2, 0.25) is 0 Å². The number of carbonyl (C=O) groups excluding carboxylic acids is 4. The molecule has 1 aliphatic carbocycles. The molecule has 232 valence electrons. The normalized spacial score (nSPS) is 23.4. The van der Waals surface area contributed by atoms with Crippen molar-refractivity contribution in [3.63, 3.8) is 0 Å². The van der Waals surface area contributed by atoms with Crippen LogP contribution in [-0.4, -0.2) is 74.3 Å². The van der Waals surface area contributed by atoms with Gasteiger partial charge >= 0.3 is 18.0 Å². The second-order valence-electron chi connectivity index (χ2n) is 9.46. The topological polar surface area (TPSA) is 160 Å². The summed E-state index contributed by atoms with van der Waals surface area (Å²) in [6.07, 6.45) is -1.20. The van der Waals surface area contributed by atoms with Gasteiger partial charge in [-0.3, -0.25) is 14.4 Å². The van der Waals surface area contributed by atoms with Crippen LogP contribution < -0.4 is 15.4 Å². The Kier molecular flexibility index (Phi) is 10.8. The molecule has 1 aromatic carbocycles. The number of hydrogen-bond acceptors (Lipinski definition) is 11. The van der Waals surface area contributed by atoms with Crippen LogP contribution >= 0.6 is 63.7 Å². The van der Waals surface area contributed by atoms with Crippen molar-refractivity contribution < 1.29 is 47.7 Å². The average Bonchev–Trinajstić information content (AvgIpc) is 3.54. The third-order valence-corrected chi connectivity index (χ3v) is 8.85. The van der Waals surface area contributed by atoms with E-state index >= 15 is 0 Å². The van der Waals surface area contributed by atoms with Gasteiger partial charge in [0.2, 0.25) is 5.60 Å². The highest BCUT2D eigenvalue weighted by Gasteiger charge is 2.53. The van der Waals surface area contributed by atoms with E-state index in [1.54, 1.807) is 18.2 Å². The molecular weight excluding hydrogens is 834 g/mol. The van der Waals surface area contributed by atoms with Crippen LogP contribution in [-0.2, 0) is 38.2 Å². The summed E-state index contributed by atoms with van der Waals surface area (Å²) in [4.78, 5) is 54.0. The van der Waals surface area contributed by atoms with Crippen LogP contribution in [0.25, 0.3) is 0 Å². The number of hydrogen-bond donors (Lipinski definition) is 2. The minimum atomic E-state index is -1.31. The molecule has 1 aromatic rings. The molecule has 1 spiro atoms. The standard InChI is InChI=1S/C26H25Br4N3O10/c1-11(34)40-19(13-4-15(27)21(16(28)5-13)39-10-14-8-32-25(37)42-14)9-31-24(36)18-7-26(43-33-18)6-17(29)22(38-3)20(30)23(26)41-12(2)35/h4-6,14,19,23H,7-10H2,1-3H3,(H,31,36)(H,32,37). The van der Waals surface area contributed by atoms with E-state index < -0.39 is 47.9 Å². The van der Waals surface area contributed by atoms with E-state index in [2.05, 4.69) is 79.5 Å². The maximum Gasteiger partial charge on any atom is 0.407 e. The molecule has 4 rings (SSSR count). The molecule has 13 nitrogen and oxygen atoms in total. The molecule has 0 bridgehead atoms. The summed E-state index contributed by atoms with van der Waals surface area (Å²) >= 11 is 13.8. The van der Waals surface area contributed by atoms with Crippen molar-refractivity contribution in [2.45, 2.75) is 44.2 Å². The predicted molar refractivity (Wildman–Crippen MR) is 165 cm³/mol. The first-order valence-corrected chi connectivity index (χ1v) is 15.8. The molecule has 0 aromatic heterocycles. The fraction of sp³-hybridized carbons (Fsp3) is 0.423. The van der Waals surface area contributed by atoms with Crippen molar-refractivity contribution in [1.29, 1.82) is 0 Å². The summed E-state index contributed by atoms with van der Waals surface area (Å²) in [7, 11) is 1.46. The Bertz CT molecular complexity index is 1410. The zero-order valence-electron chi connectivity index (χ0n) is 22.8. The molecule has 4 unspecified atom stereocenters. The number of alkyl carbamates (subject to hydrolysis) is 1. The molecule has 2 N–H and O–H groups in total. The first-order valence-electron chi connectivity index (χ1n) is 12.6. The van der Waals surface area contributed by atoms with Gasteiger partial charge in [-0.1, -0.05) is 5.16 Å². The molecule has 43 heavy (non-hydrogen) atoms. The van der Waals surface area contributed by atoms with Gasteiger partial charge in [0.15, 0.2) is 12.2 Å². The fourth-order valence-electron chi connectivity index (χ4n) is 4.44. The second-order valence-corrected chi connectivity index (χ2v) is 12.9. The average molecular weight is 859 g/mol. The molecule has 1 fully saturated rings. The van der Waals surface area contributed by atoms with E-state index in [0.29, 0.717) is 41.5 Å². The van der Waals surface area contributed by atoms with Gasteiger partial charge in [-0.2, -0.15) is 0 Å². The summed E-state index contributed by atoms with van der Waals surface area (Å²) in [6.45, 7) is 2.86. The largest absolute Gasteiger partial charge is 0.495 e. The van der Waals surface area contributed by atoms with Crippen molar-refractivity contribution in [2.24, 2.45) is 5.16 Å². The lowest BCUT2D eigenvalue weighted by molar-refractivity contribution is -0.156. The zero-order chi connectivity index (χ0) is 31.5. The number of carbonyl (C=O) groups is 4. The summed E-state index contributed by atoms with van der Waals surface area (Å²) in [5, 5.41) is 9.28. The molecular formula is C26H25Br4N3O10. The molecule has 17 heteroatoms. The number of benzene rings is 1. The summed E-state index contributed by atoms with van der Waals surface area (Å²) in [5.41, 5.74) is -0.734. The van der Waals surface area contributed by atoms with Gasteiger partial charge in [0, 0.05) is 20.3 Å². The van der Waals surface area contributed by atoms with Gasteiger partial charge in [-0.05, 0) is 87.5 Å². The van der Waals surface area contributed by atoms with Crippen molar-refractivity contribution in [1.82, 2.24) is 10.6 Å². The molecule has 3 aliphatic rings. The Morgan fingerprint density at radius 1 is 1.16 bits per heavy atom. The smallest absolute Gasteiger partial charge is 0.407 e. The van der Waals surface area contributed by atoms with Crippen LogP contribution in [0.3, 0.4) is 0 Å².